The van der Waals surface area contributed by atoms with Crippen LogP contribution < -0.4 is 10.1 Å². The van der Waals surface area contributed by atoms with E-state index in [0.717, 1.165) is 30.5 Å². The molecule has 3 aromatic rings. The summed E-state index contributed by atoms with van der Waals surface area (Å²) in [5, 5.41) is 25.7. The predicted octanol–water partition coefficient (Wildman–Crippen LogP) is 4.49. The van der Waals surface area contributed by atoms with Crippen LogP contribution >= 0.6 is 23.1 Å². The predicted molar refractivity (Wildman–Crippen MR) is 129 cm³/mol. The molecule has 0 saturated heterocycles. The van der Waals surface area contributed by atoms with E-state index in [2.05, 4.69) is 47.7 Å². The molecule has 0 saturated carbocycles. The van der Waals surface area contributed by atoms with Crippen molar-refractivity contribution in [1.82, 2.24) is 20.2 Å². The average Bonchev–Trinajstić information content (AvgIpc) is 3.40. The lowest BCUT2D eigenvalue weighted by Crippen LogP contribution is -2.26. The van der Waals surface area contributed by atoms with Gasteiger partial charge in [-0.25, -0.2) is 0 Å². The largest absolute Gasteiger partial charge is 0.497 e. The molecule has 0 radical (unpaired) electrons. The lowest BCUT2D eigenvalue weighted by molar-refractivity contribution is -0.113. The van der Waals surface area contributed by atoms with Crippen LogP contribution in [-0.2, 0) is 17.6 Å². The number of nitrogens with zero attached hydrogens (tertiary/aromatic N) is 5. The maximum absolute atomic E-state index is 12.7. The highest BCUT2D eigenvalue weighted by Crippen LogP contribution is 2.44. The van der Waals surface area contributed by atoms with Gasteiger partial charge < -0.3 is 10.1 Å². The fraction of sp³-hybridized carbons (Fsp3) is 0.435. The normalized spacial score (nSPS) is 15.5. The Hall–Kier alpha value is -2.90. The van der Waals surface area contributed by atoms with Gasteiger partial charge in [-0.15, -0.1) is 16.4 Å². The van der Waals surface area contributed by atoms with Gasteiger partial charge in [0, 0.05) is 10.9 Å². The minimum atomic E-state index is -0.192. The molecule has 0 bridgehead atoms. The molecule has 2 aromatic heterocycles. The van der Waals surface area contributed by atoms with E-state index < -0.39 is 0 Å². The lowest BCUT2D eigenvalue weighted by Gasteiger charge is -2.33. The van der Waals surface area contributed by atoms with Crippen molar-refractivity contribution in [3.05, 3.63) is 40.3 Å². The number of carbonyl (C=O) groups is 1. The Kier molecular flexibility index (Phi) is 6.72. The van der Waals surface area contributed by atoms with Gasteiger partial charge in [0.05, 0.1) is 24.1 Å². The Morgan fingerprint density at radius 3 is 2.97 bits per heavy atom. The molecular weight excluding hydrogens is 456 g/mol. The van der Waals surface area contributed by atoms with E-state index in [1.54, 1.807) is 11.8 Å². The molecule has 0 aliphatic heterocycles. The number of anilines is 1. The van der Waals surface area contributed by atoms with Crippen molar-refractivity contribution in [3.8, 4) is 17.5 Å². The molecule has 1 aliphatic carbocycles. The first kappa shape index (κ1) is 23.3. The number of hydrogen-bond donors (Lipinski definition) is 1. The van der Waals surface area contributed by atoms with Crippen LogP contribution in [0.4, 0.5) is 5.00 Å². The number of tetrazole rings is 1. The minimum Gasteiger partial charge on any atom is -0.497 e. The summed E-state index contributed by atoms with van der Waals surface area (Å²) < 4.78 is 6.83. The van der Waals surface area contributed by atoms with Gasteiger partial charge in [-0.3, -0.25) is 4.79 Å². The first-order chi connectivity index (χ1) is 15.8. The summed E-state index contributed by atoms with van der Waals surface area (Å²) in [5.41, 5.74) is 2.68. The van der Waals surface area contributed by atoms with Crippen LogP contribution in [0.3, 0.4) is 0 Å². The third kappa shape index (κ3) is 5.04. The van der Waals surface area contributed by atoms with Gasteiger partial charge in [0.25, 0.3) is 0 Å². The van der Waals surface area contributed by atoms with Crippen molar-refractivity contribution in [2.75, 3.05) is 18.2 Å². The Balaban J connectivity index is 1.44. The van der Waals surface area contributed by atoms with E-state index in [1.807, 2.05) is 24.3 Å². The average molecular weight is 483 g/mol. The Bertz CT molecular complexity index is 1200. The van der Waals surface area contributed by atoms with Gasteiger partial charge in [0.15, 0.2) is 0 Å². The molecule has 33 heavy (non-hydrogen) atoms. The molecule has 172 valence electrons. The van der Waals surface area contributed by atoms with Crippen LogP contribution in [0.1, 0.15) is 43.2 Å². The van der Waals surface area contributed by atoms with Gasteiger partial charge in [-0.2, -0.15) is 9.94 Å². The van der Waals surface area contributed by atoms with Crippen molar-refractivity contribution in [2.45, 2.75) is 45.2 Å². The maximum atomic E-state index is 12.7. The zero-order chi connectivity index (χ0) is 23.6. The van der Waals surface area contributed by atoms with Crippen LogP contribution in [0, 0.1) is 22.7 Å². The van der Waals surface area contributed by atoms with Crippen molar-refractivity contribution in [2.24, 2.45) is 11.3 Å². The van der Waals surface area contributed by atoms with Crippen LogP contribution in [0.5, 0.6) is 5.75 Å². The van der Waals surface area contributed by atoms with Crippen LogP contribution in [0.25, 0.3) is 5.69 Å². The highest BCUT2D eigenvalue weighted by atomic mass is 32.2. The van der Waals surface area contributed by atoms with Gasteiger partial charge in [0.2, 0.25) is 11.1 Å². The minimum absolute atomic E-state index is 0.127. The SMILES string of the molecule is COc1cccc(-n2nnnc2SCC(=O)Nc2sc3c(c2C#N)CC[C@H](C(C)(C)C)C3)c1. The monoisotopic (exact) mass is 482 g/mol. The fourth-order valence-corrected chi connectivity index (χ4v) is 5.98. The number of amides is 1. The van der Waals surface area contributed by atoms with Crippen molar-refractivity contribution in [1.29, 1.82) is 5.26 Å². The number of thioether (sulfide) groups is 1. The van der Waals surface area contributed by atoms with E-state index in [9.17, 15) is 10.1 Å². The molecule has 0 fully saturated rings. The highest BCUT2D eigenvalue weighted by molar-refractivity contribution is 7.99. The maximum Gasteiger partial charge on any atom is 0.235 e. The third-order valence-electron chi connectivity index (χ3n) is 5.93. The van der Waals surface area contributed by atoms with Crippen LogP contribution in [-0.4, -0.2) is 39.0 Å². The summed E-state index contributed by atoms with van der Waals surface area (Å²) >= 11 is 2.78. The second kappa shape index (κ2) is 9.53. The molecule has 8 nitrogen and oxygen atoms in total. The number of nitriles is 1. The van der Waals surface area contributed by atoms with Gasteiger partial charge in [-0.05, 0) is 58.7 Å². The molecule has 1 aliphatic rings. The zero-order valence-corrected chi connectivity index (χ0v) is 20.7. The van der Waals surface area contributed by atoms with Crippen LogP contribution in [0.15, 0.2) is 29.4 Å². The van der Waals surface area contributed by atoms with E-state index in [4.69, 9.17) is 4.74 Å². The smallest absolute Gasteiger partial charge is 0.235 e. The number of carbonyl (C=O) groups excluding carboxylic acids is 1. The standard InChI is InChI=1S/C23H26N6O2S2/c1-23(2,3)14-8-9-17-18(12-24)21(33-19(17)10-14)25-20(30)13-32-22-26-27-28-29(22)15-6-5-7-16(11-15)31-4/h5-7,11,14H,8-10,13H2,1-4H3,(H,25,30)/t14-/m0/s1. The summed E-state index contributed by atoms with van der Waals surface area (Å²) in [5.74, 6) is 1.20. The molecule has 2 heterocycles. The number of rotatable bonds is 6. The van der Waals surface area contributed by atoms with Crippen molar-refractivity contribution < 1.29 is 9.53 Å². The van der Waals surface area contributed by atoms with E-state index >= 15 is 0 Å². The summed E-state index contributed by atoms with van der Waals surface area (Å²) in [4.78, 5) is 14.0. The number of fused-ring (bicyclic) bond motifs is 1. The Morgan fingerprint density at radius 1 is 1.42 bits per heavy atom. The number of methoxy groups -OCH3 is 1. The topological polar surface area (TPSA) is 106 Å². The van der Waals surface area contributed by atoms with Gasteiger partial charge in [-0.1, -0.05) is 38.6 Å². The fourth-order valence-electron chi connectivity index (χ4n) is 4.00. The molecule has 1 N–H and O–H groups in total. The number of ether oxygens (including phenoxy) is 1. The highest BCUT2D eigenvalue weighted by Gasteiger charge is 2.32. The molecule has 0 unspecified atom stereocenters. The molecular formula is C23H26N6O2S2. The van der Waals surface area contributed by atoms with Crippen molar-refractivity contribution >= 4 is 34.0 Å². The molecule has 1 atom stereocenters. The summed E-state index contributed by atoms with van der Waals surface area (Å²) in [6, 6.07) is 9.69. The number of thiophene rings is 1. The molecule has 0 spiro atoms. The Morgan fingerprint density at radius 2 is 2.24 bits per heavy atom. The molecule has 4 rings (SSSR count). The number of benzene rings is 1. The van der Waals surface area contributed by atoms with Crippen LogP contribution in [0.2, 0.25) is 0 Å². The van der Waals surface area contributed by atoms with E-state index in [-0.39, 0.29) is 17.1 Å². The summed E-state index contributed by atoms with van der Waals surface area (Å²) in [7, 11) is 1.60. The zero-order valence-electron chi connectivity index (χ0n) is 19.1. The second-order valence-electron chi connectivity index (χ2n) is 9.04. The van der Waals surface area contributed by atoms with E-state index in [0.29, 0.717) is 27.4 Å². The lowest BCUT2D eigenvalue weighted by atomic mass is 9.72. The van der Waals surface area contributed by atoms with Gasteiger partial charge in [0.1, 0.15) is 16.8 Å². The Labute approximate surface area is 201 Å². The molecule has 1 amide bonds. The summed E-state index contributed by atoms with van der Waals surface area (Å²) in [6.45, 7) is 6.79. The van der Waals surface area contributed by atoms with Gasteiger partial charge >= 0.3 is 0 Å². The first-order valence-electron chi connectivity index (χ1n) is 10.7. The number of hydrogen-bond acceptors (Lipinski definition) is 8. The third-order valence-corrected chi connectivity index (χ3v) is 8.02. The molecule has 10 heteroatoms. The van der Waals surface area contributed by atoms with Crippen molar-refractivity contribution in [3.63, 3.8) is 0 Å². The first-order valence-corrected chi connectivity index (χ1v) is 12.5. The quantitative estimate of drug-likeness (QED) is 0.516. The number of aromatic nitrogens is 4. The molecule has 1 aromatic carbocycles. The second-order valence-corrected chi connectivity index (χ2v) is 11.1. The summed E-state index contributed by atoms with van der Waals surface area (Å²) in [6.07, 6.45) is 2.91. The number of nitrogens with one attached hydrogen (secondary N) is 1. The van der Waals surface area contributed by atoms with E-state index in [1.165, 1.54) is 28.0 Å².